The lowest BCUT2D eigenvalue weighted by atomic mass is 10.2. The number of aryl methyl sites for hydroxylation is 1. The molecule has 0 saturated carbocycles. The van der Waals surface area contributed by atoms with Gasteiger partial charge in [0.15, 0.2) is 0 Å². The zero-order chi connectivity index (χ0) is 13.1. The van der Waals surface area contributed by atoms with Crippen molar-refractivity contribution in [1.29, 1.82) is 0 Å². The average Bonchev–Trinajstić information content (AvgIpc) is 2.88. The van der Waals surface area contributed by atoms with E-state index in [-0.39, 0.29) is 0 Å². The highest BCUT2D eigenvalue weighted by molar-refractivity contribution is 7.09. The van der Waals surface area contributed by atoms with Gasteiger partial charge in [0.05, 0.1) is 10.7 Å². The van der Waals surface area contributed by atoms with Crippen LogP contribution in [-0.2, 0) is 13.0 Å². The smallest absolute Gasteiger partial charge is 0.138 e. The minimum atomic E-state index is -0.606. The molecule has 5 nitrogen and oxygen atoms in total. The molecule has 2 heterocycles. The molecule has 6 heteroatoms. The average molecular weight is 266 g/mol. The minimum absolute atomic E-state index is 0.454. The Kier molecular flexibility index (Phi) is 4.08. The van der Waals surface area contributed by atoms with Gasteiger partial charge in [0, 0.05) is 18.3 Å². The van der Waals surface area contributed by atoms with Crippen LogP contribution < -0.4 is 0 Å². The summed E-state index contributed by atoms with van der Waals surface area (Å²) >= 11 is 1.55. The molecule has 0 radical (unpaired) electrons. The lowest BCUT2D eigenvalue weighted by Crippen LogP contribution is -2.13. The van der Waals surface area contributed by atoms with Gasteiger partial charge in [-0.05, 0) is 12.8 Å². The van der Waals surface area contributed by atoms with Gasteiger partial charge in [-0.2, -0.15) is 5.10 Å². The lowest BCUT2D eigenvalue weighted by molar-refractivity contribution is 0.169. The Morgan fingerprint density at radius 2 is 2.22 bits per heavy atom. The summed E-state index contributed by atoms with van der Waals surface area (Å²) in [6, 6.07) is 0. The Morgan fingerprint density at radius 3 is 2.83 bits per heavy atom. The first-order valence-electron chi connectivity index (χ1n) is 6.03. The predicted octanol–water partition coefficient (Wildman–Crippen LogP) is 1.98. The summed E-state index contributed by atoms with van der Waals surface area (Å²) in [5.74, 6) is 1.31. The number of nitrogens with zero attached hydrogens (tertiary/aromatic N) is 4. The monoisotopic (exact) mass is 266 g/mol. The molecule has 0 saturated heterocycles. The predicted molar refractivity (Wildman–Crippen MR) is 70.4 cm³/mol. The summed E-state index contributed by atoms with van der Waals surface area (Å²) < 4.78 is 1.85. The molecular formula is C12H18N4OS. The third-order valence-corrected chi connectivity index (χ3v) is 3.38. The highest BCUT2D eigenvalue weighted by Crippen LogP contribution is 2.19. The number of hydrogen-bond donors (Lipinski definition) is 1. The molecule has 0 aliphatic rings. The van der Waals surface area contributed by atoms with Crippen molar-refractivity contribution in [1.82, 2.24) is 19.7 Å². The van der Waals surface area contributed by atoms with Crippen LogP contribution in [0.3, 0.4) is 0 Å². The van der Waals surface area contributed by atoms with Crippen molar-refractivity contribution < 1.29 is 5.11 Å². The number of aromatic nitrogens is 4. The van der Waals surface area contributed by atoms with Crippen LogP contribution in [0.1, 0.15) is 36.5 Å². The molecule has 0 bridgehead atoms. The van der Waals surface area contributed by atoms with Crippen LogP contribution in [0.5, 0.6) is 0 Å². The van der Waals surface area contributed by atoms with Crippen molar-refractivity contribution in [3.05, 3.63) is 28.2 Å². The zero-order valence-electron chi connectivity index (χ0n) is 10.9. The quantitative estimate of drug-likeness (QED) is 0.898. The van der Waals surface area contributed by atoms with Crippen LogP contribution in [0.15, 0.2) is 11.7 Å². The first-order valence-corrected chi connectivity index (χ1v) is 6.91. The first kappa shape index (κ1) is 13.2. The van der Waals surface area contributed by atoms with Gasteiger partial charge in [0.25, 0.3) is 0 Å². The maximum Gasteiger partial charge on any atom is 0.138 e. The molecule has 0 aliphatic carbocycles. The van der Waals surface area contributed by atoms with E-state index in [0.717, 1.165) is 23.1 Å². The van der Waals surface area contributed by atoms with Crippen molar-refractivity contribution in [2.45, 2.75) is 39.8 Å². The Morgan fingerprint density at radius 1 is 1.44 bits per heavy atom. The fourth-order valence-electron chi connectivity index (χ4n) is 1.76. The van der Waals surface area contributed by atoms with Crippen LogP contribution >= 0.6 is 11.3 Å². The molecule has 0 amide bonds. The van der Waals surface area contributed by atoms with Crippen LogP contribution in [0.4, 0.5) is 0 Å². The van der Waals surface area contributed by atoms with E-state index >= 15 is 0 Å². The van der Waals surface area contributed by atoms with E-state index in [1.165, 1.54) is 6.33 Å². The largest absolute Gasteiger partial charge is 0.386 e. The number of hydrogen-bond acceptors (Lipinski definition) is 5. The molecule has 0 aromatic carbocycles. The van der Waals surface area contributed by atoms with Crippen molar-refractivity contribution in [3.63, 3.8) is 0 Å². The van der Waals surface area contributed by atoms with Crippen LogP contribution in [0.25, 0.3) is 0 Å². The second-order valence-electron chi connectivity index (χ2n) is 4.76. The van der Waals surface area contributed by atoms with E-state index in [4.69, 9.17) is 0 Å². The maximum atomic E-state index is 10.1. The van der Waals surface area contributed by atoms with Gasteiger partial charge in [-0.15, -0.1) is 11.3 Å². The van der Waals surface area contributed by atoms with E-state index in [1.54, 1.807) is 11.3 Å². The fraction of sp³-hybridized carbons (Fsp3) is 0.583. The van der Waals surface area contributed by atoms with Gasteiger partial charge in [-0.3, -0.25) is 0 Å². The SMILES string of the molecule is Cc1nc(C(O)Cc2ncnn2CC(C)C)cs1. The molecule has 0 aliphatic heterocycles. The Hall–Kier alpha value is -1.27. The number of thiazole rings is 1. The molecule has 1 unspecified atom stereocenters. The molecular weight excluding hydrogens is 248 g/mol. The van der Waals surface area contributed by atoms with Crippen molar-refractivity contribution in [2.24, 2.45) is 5.92 Å². The highest BCUT2D eigenvalue weighted by atomic mass is 32.1. The van der Waals surface area contributed by atoms with E-state index < -0.39 is 6.10 Å². The van der Waals surface area contributed by atoms with Crippen LogP contribution in [0, 0.1) is 12.8 Å². The van der Waals surface area contributed by atoms with Crippen LogP contribution in [0.2, 0.25) is 0 Å². The summed E-state index contributed by atoms with van der Waals surface area (Å²) in [6.07, 6.45) is 1.39. The van der Waals surface area contributed by atoms with Crippen molar-refractivity contribution >= 4 is 11.3 Å². The molecule has 0 fully saturated rings. The number of rotatable bonds is 5. The van der Waals surface area contributed by atoms with E-state index in [1.807, 2.05) is 17.0 Å². The standard InChI is InChI=1S/C12H18N4OS/c1-8(2)5-16-12(13-7-14-16)4-11(17)10-6-18-9(3)15-10/h6-8,11,17H,4-5H2,1-3H3. The second-order valence-corrected chi connectivity index (χ2v) is 5.83. The zero-order valence-corrected chi connectivity index (χ0v) is 11.7. The third-order valence-electron chi connectivity index (χ3n) is 2.59. The molecule has 1 N–H and O–H groups in total. The lowest BCUT2D eigenvalue weighted by Gasteiger charge is -2.11. The van der Waals surface area contributed by atoms with Gasteiger partial charge in [0.1, 0.15) is 18.3 Å². The summed E-state index contributed by atoms with van der Waals surface area (Å²) in [4.78, 5) is 8.50. The van der Waals surface area contributed by atoms with Gasteiger partial charge < -0.3 is 5.11 Å². The Balaban J connectivity index is 2.07. The molecule has 0 spiro atoms. The summed E-state index contributed by atoms with van der Waals surface area (Å²) in [5.41, 5.74) is 0.719. The van der Waals surface area contributed by atoms with Gasteiger partial charge in [-0.25, -0.2) is 14.6 Å². The molecule has 98 valence electrons. The molecule has 1 atom stereocenters. The van der Waals surface area contributed by atoms with E-state index in [0.29, 0.717) is 12.3 Å². The molecule has 2 aromatic heterocycles. The molecule has 2 aromatic rings. The number of aliphatic hydroxyl groups excluding tert-OH is 1. The highest BCUT2D eigenvalue weighted by Gasteiger charge is 2.16. The minimum Gasteiger partial charge on any atom is -0.386 e. The van der Waals surface area contributed by atoms with Crippen LogP contribution in [-0.4, -0.2) is 24.9 Å². The Bertz CT molecular complexity index is 506. The van der Waals surface area contributed by atoms with Crippen molar-refractivity contribution in [3.8, 4) is 0 Å². The van der Waals surface area contributed by atoms with Crippen molar-refractivity contribution in [2.75, 3.05) is 0 Å². The normalized spacial score (nSPS) is 13.2. The Labute approximate surface area is 111 Å². The number of aliphatic hydroxyl groups is 1. The third kappa shape index (κ3) is 3.14. The summed E-state index contributed by atoms with van der Waals surface area (Å²) in [7, 11) is 0. The molecule has 2 rings (SSSR count). The maximum absolute atomic E-state index is 10.1. The van der Waals surface area contributed by atoms with Gasteiger partial charge in [0.2, 0.25) is 0 Å². The second kappa shape index (κ2) is 5.58. The first-order chi connectivity index (χ1) is 8.56. The fourth-order valence-corrected chi connectivity index (χ4v) is 2.41. The summed E-state index contributed by atoms with van der Waals surface area (Å²) in [5, 5.41) is 17.2. The topological polar surface area (TPSA) is 63.8 Å². The molecule has 18 heavy (non-hydrogen) atoms. The van der Waals surface area contributed by atoms with E-state index in [9.17, 15) is 5.11 Å². The van der Waals surface area contributed by atoms with Gasteiger partial charge in [-0.1, -0.05) is 13.8 Å². The van der Waals surface area contributed by atoms with Gasteiger partial charge >= 0.3 is 0 Å². The van der Waals surface area contributed by atoms with E-state index in [2.05, 4.69) is 28.9 Å². The summed E-state index contributed by atoms with van der Waals surface area (Å²) in [6.45, 7) is 7.01.